The van der Waals surface area contributed by atoms with Gasteiger partial charge in [-0.15, -0.1) is 11.3 Å². The Morgan fingerprint density at radius 3 is 2.59 bits per heavy atom. The molecule has 27 heavy (non-hydrogen) atoms. The van der Waals surface area contributed by atoms with E-state index < -0.39 is 36.4 Å². The summed E-state index contributed by atoms with van der Waals surface area (Å²) in [7, 11) is -2.05. The van der Waals surface area contributed by atoms with Gasteiger partial charge in [0.2, 0.25) is 0 Å². The van der Waals surface area contributed by atoms with Gasteiger partial charge in [0, 0.05) is 5.38 Å². The van der Waals surface area contributed by atoms with Crippen molar-refractivity contribution in [1.82, 2.24) is 10.3 Å². The Kier molecular flexibility index (Phi) is 6.34. The normalized spacial score (nSPS) is 12.4. The molecule has 0 radical (unpaired) electrons. The fraction of sp³-hybridized carbons (Fsp3) is 0.143. The highest BCUT2D eigenvalue weighted by atomic mass is 32.1. The summed E-state index contributed by atoms with van der Waals surface area (Å²) >= 11 is 1.01. The van der Waals surface area contributed by atoms with Gasteiger partial charge in [0.1, 0.15) is 17.0 Å². The van der Waals surface area contributed by atoms with E-state index in [1.165, 1.54) is 23.6 Å². The van der Waals surface area contributed by atoms with Gasteiger partial charge in [0.05, 0.1) is 5.94 Å². The van der Waals surface area contributed by atoms with Crippen LogP contribution in [0.25, 0.3) is 0 Å². The number of aromatic carboxylic acids is 1. The molecule has 1 amide bonds. The van der Waals surface area contributed by atoms with Gasteiger partial charge >= 0.3 is 13.1 Å². The predicted molar refractivity (Wildman–Crippen MR) is 95.7 cm³/mol. The summed E-state index contributed by atoms with van der Waals surface area (Å²) in [6.45, 7) is 0. The number of oxime groups is 1. The van der Waals surface area contributed by atoms with Crippen molar-refractivity contribution in [3.63, 3.8) is 0 Å². The first-order valence-corrected chi connectivity index (χ1v) is 8.27. The monoisotopic (exact) mass is 394 g/mol. The van der Waals surface area contributed by atoms with Crippen LogP contribution in [-0.2, 0) is 11.2 Å². The minimum Gasteiger partial charge on any atom is -0.507 e. The Morgan fingerprint density at radius 1 is 1.37 bits per heavy atom. The summed E-state index contributed by atoms with van der Waals surface area (Å²) < 4.78 is 0. The molecule has 0 aliphatic carbocycles. The number of nitrogens with two attached hydrogens (primary N) is 1. The first-order chi connectivity index (χ1) is 12.7. The molecule has 0 fully saturated rings. The average Bonchev–Trinajstić information content (AvgIpc) is 3.02. The van der Waals surface area contributed by atoms with Crippen LogP contribution in [0.4, 0.5) is 5.13 Å². The standard InChI is InChI=1S/C14H15BN4O7S/c16-14-17-8(5-27-14)10(19-26)12(21)18-9(15(24)25)4-6-2-1-3-7(11(6)20)13(22)23/h1-3,5,9,20,24-26H,4H2,(H2,16,17)(H,18,21)(H,22,23)/b19-10-/t9-/m0/s1. The highest BCUT2D eigenvalue weighted by molar-refractivity contribution is 7.13. The van der Waals surface area contributed by atoms with Gasteiger partial charge < -0.3 is 36.5 Å². The molecule has 142 valence electrons. The first-order valence-electron chi connectivity index (χ1n) is 7.39. The molecule has 0 bridgehead atoms. The zero-order valence-electron chi connectivity index (χ0n) is 13.6. The van der Waals surface area contributed by atoms with Crippen LogP contribution in [0.5, 0.6) is 5.75 Å². The molecule has 8 N–H and O–H groups in total. The van der Waals surface area contributed by atoms with Gasteiger partial charge in [-0.25, -0.2) is 9.78 Å². The molecule has 13 heteroatoms. The second kappa shape index (κ2) is 8.48. The smallest absolute Gasteiger partial charge is 0.475 e. The first kappa shape index (κ1) is 20.2. The van der Waals surface area contributed by atoms with Crippen LogP contribution in [0.15, 0.2) is 28.7 Å². The Morgan fingerprint density at radius 2 is 2.07 bits per heavy atom. The maximum atomic E-state index is 12.3. The number of hydrogen-bond acceptors (Lipinski definition) is 10. The Labute approximate surface area is 156 Å². The number of para-hydroxylation sites is 1. The number of carbonyl (C=O) groups excluding carboxylic acids is 1. The highest BCUT2D eigenvalue weighted by Gasteiger charge is 2.30. The van der Waals surface area contributed by atoms with Gasteiger partial charge in [0.25, 0.3) is 5.91 Å². The molecule has 0 spiro atoms. The number of carboxylic acids is 1. The van der Waals surface area contributed by atoms with Crippen molar-refractivity contribution in [2.45, 2.75) is 12.4 Å². The van der Waals surface area contributed by atoms with Crippen LogP contribution in [0.3, 0.4) is 0 Å². The van der Waals surface area contributed by atoms with E-state index >= 15 is 0 Å². The fourth-order valence-electron chi connectivity index (χ4n) is 2.24. The third-order valence-electron chi connectivity index (χ3n) is 3.55. The second-order valence-electron chi connectivity index (χ2n) is 5.34. The zero-order chi connectivity index (χ0) is 20.1. The fourth-order valence-corrected chi connectivity index (χ4v) is 2.79. The van der Waals surface area contributed by atoms with E-state index in [1.807, 2.05) is 0 Å². The van der Waals surface area contributed by atoms with E-state index in [9.17, 15) is 24.7 Å². The van der Waals surface area contributed by atoms with E-state index in [1.54, 1.807) is 0 Å². The van der Waals surface area contributed by atoms with Crippen molar-refractivity contribution < 1.29 is 35.1 Å². The summed E-state index contributed by atoms with van der Waals surface area (Å²) in [6, 6.07) is 3.90. The molecule has 2 rings (SSSR count). The van der Waals surface area contributed by atoms with Crippen molar-refractivity contribution in [2.24, 2.45) is 5.16 Å². The minimum absolute atomic E-state index is 0.0144. The van der Waals surface area contributed by atoms with Crippen molar-refractivity contribution in [2.75, 3.05) is 5.73 Å². The lowest BCUT2D eigenvalue weighted by molar-refractivity contribution is -0.115. The predicted octanol–water partition coefficient (Wildman–Crippen LogP) is -0.953. The van der Waals surface area contributed by atoms with Crippen molar-refractivity contribution in [1.29, 1.82) is 0 Å². The number of rotatable bonds is 7. The average molecular weight is 394 g/mol. The van der Waals surface area contributed by atoms with Crippen LogP contribution >= 0.6 is 11.3 Å². The summed E-state index contributed by atoms with van der Waals surface area (Å²) in [6.07, 6.45) is -0.311. The van der Waals surface area contributed by atoms with Crippen LogP contribution in [-0.4, -0.2) is 61.1 Å². The molecule has 2 aromatic rings. The number of carbonyl (C=O) groups is 2. The number of phenols is 1. The zero-order valence-corrected chi connectivity index (χ0v) is 14.4. The maximum absolute atomic E-state index is 12.3. The quantitative estimate of drug-likeness (QED) is 0.134. The molecule has 0 aliphatic rings. The molecule has 11 nitrogen and oxygen atoms in total. The SMILES string of the molecule is Nc1nc(/C(=N/O)C(=O)N[C@@H](Cc2cccc(C(=O)O)c2O)B(O)O)cs1. The maximum Gasteiger partial charge on any atom is 0.475 e. The largest absolute Gasteiger partial charge is 0.507 e. The Balaban J connectivity index is 2.22. The number of nitrogens with one attached hydrogen (secondary N) is 1. The number of hydrogen-bond donors (Lipinski definition) is 7. The number of carboxylic acid groups (broad SMARTS) is 1. The Hall–Kier alpha value is -3.16. The number of amides is 1. The number of aromatic hydroxyl groups is 1. The number of nitrogens with zero attached hydrogens (tertiary/aromatic N) is 2. The topological polar surface area (TPSA) is 199 Å². The number of thiazole rings is 1. The molecule has 0 saturated carbocycles. The lowest BCUT2D eigenvalue weighted by Gasteiger charge is -2.18. The molecular weight excluding hydrogens is 379 g/mol. The summed E-state index contributed by atoms with van der Waals surface area (Å²) in [5.74, 6) is -4.25. The van der Waals surface area contributed by atoms with E-state index in [-0.39, 0.29) is 28.4 Å². The van der Waals surface area contributed by atoms with Gasteiger partial charge in [-0.3, -0.25) is 4.79 Å². The molecule has 1 heterocycles. The number of anilines is 1. The lowest BCUT2D eigenvalue weighted by Crippen LogP contribution is -2.50. The second-order valence-corrected chi connectivity index (χ2v) is 6.23. The molecule has 1 atom stereocenters. The summed E-state index contributed by atoms with van der Waals surface area (Å²) in [5, 5.41) is 53.7. The summed E-state index contributed by atoms with van der Waals surface area (Å²) in [4.78, 5) is 27.2. The minimum atomic E-state index is -2.05. The number of nitrogen functional groups attached to an aromatic ring is 1. The lowest BCUT2D eigenvalue weighted by atomic mass is 9.75. The molecule has 0 saturated heterocycles. The van der Waals surface area contributed by atoms with Crippen molar-refractivity contribution in [3.05, 3.63) is 40.4 Å². The highest BCUT2D eigenvalue weighted by Crippen LogP contribution is 2.24. The van der Waals surface area contributed by atoms with Gasteiger partial charge in [-0.2, -0.15) is 0 Å². The van der Waals surface area contributed by atoms with Crippen LogP contribution in [0, 0.1) is 0 Å². The van der Waals surface area contributed by atoms with Gasteiger partial charge in [-0.05, 0) is 18.1 Å². The molecule has 1 aromatic carbocycles. The van der Waals surface area contributed by atoms with E-state index in [0.29, 0.717) is 0 Å². The van der Waals surface area contributed by atoms with Gasteiger partial charge in [-0.1, -0.05) is 17.3 Å². The van der Waals surface area contributed by atoms with Crippen LogP contribution in [0.2, 0.25) is 0 Å². The molecule has 1 aromatic heterocycles. The summed E-state index contributed by atoms with van der Waals surface area (Å²) in [5.41, 5.74) is 4.63. The van der Waals surface area contributed by atoms with Gasteiger partial charge in [0.15, 0.2) is 10.8 Å². The molecular formula is C14H15BN4O7S. The van der Waals surface area contributed by atoms with Crippen LogP contribution in [0.1, 0.15) is 21.6 Å². The van der Waals surface area contributed by atoms with E-state index in [0.717, 1.165) is 11.3 Å². The van der Waals surface area contributed by atoms with Crippen LogP contribution < -0.4 is 11.1 Å². The van der Waals surface area contributed by atoms with Crippen molar-refractivity contribution >= 4 is 41.2 Å². The van der Waals surface area contributed by atoms with E-state index in [2.05, 4.69) is 15.5 Å². The Bertz CT molecular complexity index is 886. The molecule has 0 unspecified atom stereocenters. The molecule has 0 aliphatic heterocycles. The third kappa shape index (κ3) is 4.72. The number of benzene rings is 1. The van der Waals surface area contributed by atoms with E-state index in [4.69, 9.17) is 16.0 Å². The number of aromatic nitrogens is 1. The third-order valence-corrected chi connectivity index (χ3v) is 4.22. The van der Waals surface area contributed by atoms with Crippen molar-refractivity contribution in [3.8, 4) is 5.75 Å².